The zero-order chi connectivity index (χ0) is 14.8. The molecule has 0 radical (unpaired) electrons. The minimum absolute atomic E-state index is 0.117. The molecule has 2 rings (SSSR count). The Morgan fingerprint density at radius 3 is 2.95 bits per heavy atom. The summed E-state index contributed by atoms with van der Waals surface area (Å²) < 4.78 is 0. The lowest BCUT2D eigenvalue weighted by Gasteiger charge is -2.17. The lowest BCUT2D eigenvalue weighted by atomic mass is 10.0. The van der Waals surface area contributed by atoms with Gasteiger partial charge in [0.1, 0.15) is 0 Å². The van der Waals surface area contributed by atoms with Gasteiger partial charge in [-0.25, -0.2) is 0 Å². The molecule has 0 fully saturated rings. The monoisotopic (exact) mass is 290 g/mol. The van der Waals surface area contributed by atoms with Crippen molar-refractivity contribution < 1.29 is 4.79 Å². The van der Waals surface area contributed by atoms with Gasteiger partial charge in [-0.3, -0.25) is 4.79 Å². The van der Waals surface area contributed by atoms with Crippen LogP contribution in [0.2, 0.25) is 0 Å². The predicted octanol–water partition coefficient (Wildman–Crippen LogP) is 2.91. The molecule has 1 aliphatic rings. The van der Waals surface area contributed by atoms with Crippen LogP contribution in [0.1, 0.15) is 63.5 Å². The van der Waals surface area contributed by atoms with E-state index in [1.54, 1.807) is 6.20 Å². The Morgan fingerprint density at radius 2 is 2.10 bits per heavy atom. The van der Waals surface area contributed by atoms with E-state index >= 15 is 0 Å². The van der Waals surface area contributed by atoms with Gasteiger partial charge in [0.25, 0.3) is 0 Å². The molecule has 1 aromatic rings. The zero-order valence-electron chi connectivity index (χ0n) is 12.7. The number of rotatable bonds is 4. The summed E-state index contributed by atoms with van der Waals surface area (Å²) in [7, 11) is 0. The molecule has 1 aliphatic carbocycles. The van der Waals surface area contributed by atoms with E-state index < -0.39 is 0 Å². The third-order valence-corrected chi connectivity index (χ3v) is 3.95. The number of hydrogen-bond acceptors (Lipinski definition) is 3. The third-order valence-electron chi connectivity index (χ3n) is 3.95. The number of H-pyrrole nitrogens is 1. The van der Waals surface area contributed by atoms with Crippen molar-refractivity contribution in [2.45, 2.75) is 70.3 Å². The van der Waals surface area contributed by atoms with E-state index in [0.29, 0.717) is 12.8 Å². The highest BCUT2D eigenvalue weighted by atomic mass is 16.1. The highest BCUT2D eigenvalue weighted by Gasteiger charge is 2.12. The van der Waals surface area contributed by atoms with E-state index in [1.807, 2.05) is 0 Å². The van der Waals surface area contributed by atoms with Crippen LogP contribution >= 0.6 is 0 Å². The van der Waals surface area contributed by atoms with Gasteiger partial charge in [-0.1, -0.05) is 37.8 Å². The standard InChI is InChI=1S/C16H26N4O/c21-16(12-11-15-13-17-20-19-15)18-14-9-7-5-3-1-2-4-6-8-10-14/h5,7,13-14H,1-4,6,8-12H2,(H,18,21)(H,17,19,20)/b7-5-. The second-order valence-corrected chi connectivity index (χ2v) is 5.78. The third kappa shape index (κ3) is 6.56. The summed E-state index contributed by atoms with van der Waals surface area (Å²) in [6.45, 7) is 0. The number of hydrogen-bond donors (Lipinski definition) is 2. The Labute approximate surface area is 126 Å². The average molecular weight is 290 g/mol. The molecule has 0 saturated carbocycles. The SMILES string of the molecule is O=C(CCc1cn[nH]n1)NC1C/C=C\CCCCCCC1. The average Bonchev–Trinajstić information content (AvgIpc) is 2.97. The lowest BCUT2D eigenvalue weighted by molar-refractivity contribution is -0.121. The van der Waals surface area contributed by atoms with Crippen molar-refractivity contribution in [3.05, 3.63) is 24.0 Å². The quantitative estimate of drug-likeness (QED) is 0.838. The summed E-state index contributed by atoms with van der Waals surface area (Å²) in [5.41, 5.74) is 0.840. The molecule has 1 aromatic heterocycles. The largest absolute Gasteiger partial charge is 0.353 e. The summed E-state index contributed by atoms with van der Waals surface area (Å²) in [6.07, 6.45) is 16.9. The maximum absolute atomic E-state index is 12.0. The first-order chi connectivity index (χ1) is 10.3. The van der Waals surface area contributed by atoms with E-state index in [-0.39, 0.29) is 11.9 Å². The van der Waals surface area contributed by atoms with Crippen LogP contribution in [0, 0.1) is 0 Å². The number of amides is 1. The molecule has 2 N–H and O–H groups in total. The van der Waals surface area contributed by atoms with Crippen LogP contribution in [0.5, 0.6) is 0 Å². The van der Waals surface area contributed by atoms with Crippen LogP contribution in [-0.2, 0) is 11.2 Å². The predicted molar refractivity (Wildman–Crippen MR) is 82.7 cm³/mol. The number of nitrogens with one attached hydrogen (secondary N) is 2. The first-order valence-electron chi connectivity index (χ1n) is 8.13. The number of carbonyl (C=O) groups excluding carboxylic acids is 1. The van der Waals surface area contributed by atoms with Crippen molar-refractivity contribution in [3.63, 3.8) is 0 Å². The molecule has 5 nitrogen and oxygen atoms in total. The zero-order valence-corrected chi connectivity index (χ0v) is 12.7. The molecule has 0 aliphatic heterocycles. The minimum atomic E-state index is 0.117. The van der Waals surface area contributed by atoms with Gasteiger partial charge >= 0.3 is 0 Å². The van der Waals surface area contributed by atoms with Gasteiger partial charge in [-0.2, -0.15) is 15.4 Å². The molecule has 0 spiro atoms. The van der Waals surface area contributed by atoms with Crippen LogP contribution in [0.15, 0.2) is 18.3 Å². The van der Waals surface area contributed by atoms with Crippen LogP contribution in [-0.4, -0.2) is 27.4 Å². The molecule has 0 saturated heterocycles. The fraction of sp³-hybridized carbons (Fsp3) is 0.688. The van der Waals surface area contributed by atoms with E-state index in [9.17, 15) is 4.79 Å². The van der Waals surface area contributed by atoms with Crippen molar-refractivity contribution >= 4 is 5.91 Å². The number of allylic oxidation sites excluding steroid dienone is 1. The van der Waals surface area contributed by atoms with Crippen molar-refractivity contribution in [1.29, 1.82) is 0 Å². The maximum atomic E-state index is 12.0. The molecule has 116 valence electrons. The summed E-state index contributed by atoms with van der Waals surface area (Å²) in [5, 5.41) is 13.5. The van der Waals surface area contributed by atoms with Crippen molar-refractivity contribution in [2.24, 2.45) is 0 Å². The Balaban J connectivity index is 1.74. The Morgan fingerprint density at radius 1 is 1.24 bits per heavy atom. The summed E-state index contributed by atoms with van der Waals surface area (Å²) in [6, 6.07) is 0.282. The highest BCUT2D eigenvalue weighted by Crippen LogP contribution is 2.13. The van der Waals surface area contributed by atoms with Gasteiger partial charge in [-0.15, -0.1) is 0 Å². The number of nitrogens with zero attached hydrogens (tertiary/aromatic N) is 2. The van der Waals surface area contributed by atoms with Crippen LogP contribution in [0.4, 0.5) is 0 Å². The second-order valence-electron chi connectivity index (χ2n) is 5.78. The molecular formula is C16H26N4O. The maximum Gasteiger partial charge on any atom is 0.220 e. The summed E-state index contributed by atoms with van der Waals surface area (Å²) in [4.78, 5) is 12.0. The molecule has 5 heteroatoms. The van der Waals surface area contributed by atoms with Crippen LogP contribution in [0.25, 0.3) is 0 Å². The van der Waals surface area contributed by atoms with Gasteiger partial charge in [0.05, 0.1) is 11.9 Å². The normalized spacial score (nSPS) is 22.2. The number of aromatic nitrogens is 3. The van der Waals surface area contributed by atoms with E-state index in [4.69, 9.17) is 0 Å². The number of aromatic amines is 1. The highest BCUT2D eigenvalue weighted by molar-refractivity contribution is 5.76. The Bertz CT molecular complexity index is 427. The fourth-order valence-corrected chi connectivity index (χ4v) is 2.70. The van der Waals surface area contributed by atoms with Gasteiger partial charge in [0.2, 0.25) is 5.91 Å². The molecule has 1 heterocycles. The van der Waals surface area contributed by atoms with E-state index in [0.717, 1.165) is 18.5 Å². The van der Waals surface area contributed by atoms with Crippen molar-refractivity contribution in [3.8, 4) is 0 Å². The first-order valence-corrected chi connectivity index (χ1v) is 8.13. The lowest BCUT2D eigenvalue weighted by Crippen LogP contribution is -2.34. The van der Waals surface area contributed by atoms with Gasteiger partial charge in [-0.05, 0) is 25.7 Å². The van der Waals surface area contributed by atoms with E-state index in [1.165, 1.54) is 38.5 Å². The smallest absolute Gasteiger partial charge is 0.220 e. The second kappa shape index (κ2) is 9.32. The van der Waals surface area contributed by atoms with Gasteiger partial charge in [0, 0.05) is 18.9 Å². The van der Waals surface area contributed by atoms with Gasteiger partial charge in [0.15, 0.2) is 0 Å². The molecule has 0 aromatic carbocycles. The van der Waals surface area contributed by atoms with Crippen LogP contribution < -0.4 is 5.32 Å². The van der Waals surface area contributed by atoms with Crippen molar-refractivity contribution in [2.75, 3.05) is 0 Å². The molecule has 1 amide bonds. The Hall–Kier alpha value is -1.65. The molecule has 1 unspecified atom stereocenters. The Kier molecular flexibility index (Phi) is 6.98. The topological polar surface area (TPSA) is 70.7 Å². The van der Waals surface area contributed by atoms with Gasteiger partial charge < -0.3 is 5.32 Å². The van der Waals surface area contributed by atoms with Crippen molar-refractivity contribution in [1.82, 2.24) is 20.7 Å². The molecule has 0 bridgehead atoms. The molecular weight excluding hydrogens is 264 g/mol. The summed E-state index contributed by atoms with van der Waals surface area (Å²) in [5.74, 6) is 0.117. The van der Waals surface area contributed by atoms with E-state index in [2.05, 4.69) is 32.9 Å². The number of carbonyl (C=O) groups is 1. The summed E-state index contributed by atoms with van der Waals surface area (Å²) >= 11 is 0. The molecule has 1 atom stereocenters. The minimum Gasteiger partial charge on any atom is -0.353 e. The first kappa shape index (κ1) is 15.7. The number of aryl methyl sites for hydroxylation is 1. The fourth-order valence-electron chi connectivity index (χ4n) is 2.70. The van der Waals surface area contributed by atoms with Crippen LogP contribution in [0.3, 0.4) is 0 Å². The molecule has 21 heavy (non-hydrogen) atoms.